The van der Waals surface area contributed by atoms with Crippen molar-refractivity contribution in [2.24, 2.45) is 68.0 Å². The Morgan fingerprint density at radius 2 is 1.52 bits per heavy atom. The van der Waals surface area contributed by atoms with E-state index in [1.165, 1.54) is 6.42 Å². The summed E-state index contributed by atoms with van der Waals surface area (Å²) in [5.74, 6) is 1.72. The minimum Gasteiger partial charge on any atom is -0.481 e. The molecule has 5 rings (SSSR count). The van der Waals surface area contributed by atoms with E-state index in [-0.39, 0.29) is 65.1 Å². The molecule has 5 aliphatic rings. The van der Waals surface area contributed by atoms with E-state index in [0.717, 1.165) is 57.8 Å². The molecule has 0 bridgehead atoms. The second-order valence-corrected chi connectivity index (χ2v) is 18.9. The summed E-state index contributed by atoms with van der Waals surface area (Å²) in [5.41, 5.74) is -0.788. The fourth-order valence-corrected chi connectivity index (χ4v) is 13.2. The van der Waals surface area contributed by atoms with Crippen LogP contribution in [0.5, 0.6) is 0 Å². The molecule has 6 unspecified atom stereocenters. The molecule has 0 aromatic rings. The van der Waals surface area contributed by atoms with Gasteiger partial charge in [-0.15, -0.1) is 0 Å². The molecule has 46 heavy (non-hydrogen) atoms. The topological polar surface area (TPSA) is 89.9 Å². The summed E-state index contributed by atoms with van der Waals surface area (Å²) in [5, 5.41) is 10.7. The highest BCUT2D eigenvalue weighted by Crippen LogP contribution is 2.77. The molecular weight excluding hydrogens is 576 g/mol. The SMILES string of the molecule is C=CCOC(=O)CC(C)(C)CC(=O)OC1CC[C@@]2(C)C(CC[C@]3(C)C2CCC2C4[C@H](C(C)C)CCC4(C(=O)O)CC[C@]23C)C1(C)C. The third kappa shape index (κ3) is 5.38. The van der Waals surface area contributed by atoms with Crippen LogP contribution in [-0.2, 0) is 23.9 Å². The van der Waals surface area contributed by atoms with Gasteiger partial charge in [-0.05, 0) is 121 Å². The van der Waals surface area contributed by atoms with Crippen molar-refractivity contribution in [2.75, 3.05) is 6.61 Å². The quantitative estimate of drug-likeness (QED) is 0.200. The molecule has 10 atom stereocenters. The van der Waals surface area contributed by atoms with Crippen LogP contribution >= 0.6 is 0 Å². The van der Waals surface area contributed by atoms with Crippen LogP contribution in [0, 0.1) is 68.0 Å². The average molecular weight is 641 g/mol. The van der Waals surface area contributed by atoms with Crippen molar-refractivity contribution in [1.29, 1.82) is 0 Å². The molecule has 0 spiro atoms. The predicted octanol–water partition coefficient (Wildman–Crippen LogP) is 9.26. The third-order valence-corrected chi connectivity index (χ3v) is 15.6. The number of aliphatic carboxylic acids is 1. The molecule has 6 heteroatoms. The largest absolute Gasteiger partial charge is 0.481 e. The van der Waals surface area contributed by atoms with Crippen LogP contribution in [0.1, 0.15) is 139 Å². The standard InChI is InChI=1S/C40H64O6/c1-11-22-45-31(41)23-35(4,5)24-32(42)46-30-16-17-37(8)28(36(30,6)7)15-18-39(10)29(37)13-12-27-33-26(25(2)3)14-19-40(33,34(43)44)21-20-38(27,39)9/h11,25-30,33H,1,12-24H2,2-10H3,(H,43,44)/t26-,27?,28?,29?,30?,33?,37-,38+,39+,40?/m0/s1. The molecule has 5 saturated carbocycles. The molecule has 5 aliphatic carbocycles. The number of hydrogen-bond donors (Lipinski definition) is 1. The summed E-state index contributed by atoms with van der Waals surface area (Å²) in [4.78, 5) is 38.6. The summed E-state index contributed by atoms with van der Waals surface area (Å²) in [7, 11) is 0. The lowest BCUT2D eigenvalue weighted by Crippen LogP contribution is -2.67. The van der Waals surface area contributed by atoms with E-state index in [1.54, 1.807) is 6.08 Å². The number of carbonyl (C=O) groups is 3. The monoisotopic (exact) mass is 640 g/mol. The average Bonchev–Trinajstić information content (AvgIpc) is 3.35. The van der Waals surface area contributed by atoms with Crippen molar-refractivity contribution < 1.29 is 29.0 Å². The van der Waals surface area contributed by atoms with Crippen molar-refractivity contribution in [3.63, 3.8) is 0 Å². The van der Waals surface area contributed by atoms with Gasteiger partial charge in [0, 0.05) is 5.41 Å². The van der Waals surface area contributed by atoms with Gasteiger partial charge in [0.05, 0.1) is 18.3 Å². The highest BCUT2D eigenvalue weighted by Gasteiger charge is 2.72. The van der Waals surface area contributed by atoms with E-state index >= 15 is 0 Å². The summed E-state index contributed by atoms with van der Waals surface area (Å²) >= 11 is 0. The maximum Gasteiger partial charge on any atom is 0.309 e. The highest BCUT2D eigenvalue weighted by atomic mass is 16.5. The van der Waals surface area contributed by atoms with Crippen molar-refractivity contribution in [1.82, 2.24) is 0 Å². The molecule has 260 valence electrons. The second kappa shape index (κ2) is 11.9. The van der Waals surface area contributed by atoms with Crippen molar-refractivity contribution in [3.05, 3.63) is 12.7 Å². The Hall–Kier alpha value is -1.85. The lowest BCUT2D eigenvalue weighted by molar-refractivity contribution is -0.252. The van der Waals surface area contributed by atoms with Gasteiger partial charge in [0.2, 0.25) is 0 Å². The lowest BCUT2D eigenvalue weighted by atomic mass is 9.32. The summed E-state index contributed by atoms with van der Waals surface area (Å²) in [6.07, 6.45) is 12.0. The second-order valence-electron chi connectivity index (χ2n) is 18.9. The number of rotatable bonds is 9. The van der Waals surface area contributed by atoms with Crippen molar-refractivity contribution in [2.45, 2.75) is 145 Å². The maximum atomic E-state index is 13.3. The number of carboxylic acid groups (broad SMARTS) is 1. The number of fused-ring (bicyclic) bond motifs is 7. The first-order valence-corrected chi connectivity index (χ1v) is 18.5. The fourth-order valence-electron chi connectivity index (χ4n) is 13.2. The van der Waals surface area contributed by atoms with Gasteiger partial charge in [-0.1, -0.05) is 75.0 Å². The minimum atomic E-state index is -0.546. The zero-order valence-corrected chi connectivity index (χ0v) is 30.5. The molecule has 0 saturated heterocycles. The molecule has 0 aromatic heterocycles. The van der Waals surface area contributed by atoms with Gasteiger partial charge in [-0.2, -0.15) is 0 Å². The summed E-state index contributed by atoms with van der Waals surface area (Å²) in [6, 6.07) is 0. The number of esters is 2. The van der Waals surface area contributed by atoms with E-state index in [1.807, 2.05) is 13.8 Å². The summed E-state index contributed by atoms with van der Waals surface area (Å²) < 4.78 is 11.5. The summed E-state index contributed by atoms with van der Waals surface area (Å²) in [6.45, 7) is 24.6. The molecule has 0 amide bonds. The number of ether oxygens (including phenoxy) is 2. The minimum absolute atomic E-state index is 0.136. The van der Waals surface area contributed by atoms with Crippen LogP contribution in [0.3, 0.4) is 0 Å². The van der Waals surface area contributed by atoms with Gasteiger partial charge in [-0.3, -0.25) is 14.4 Å². The van der Waals surface area contributed by atoms with Gasteiger partial charge in [0.15, 0.2) is 0 Å². The van der Waals surface area contributed by atoms with Gasteiger partial charge in [0.1, 0.15) is 12.7 Å². The normalized spacial score (nSPS) is 43.0. The van der Waals surface area contributed by atoms with Crippen molar-refractivity contribution in [3.8, 4) is 0 Å². The van der Waals surface area contributed by atoms with Crippen LogP contribution in [0.2, 0.25) is 0 Å². The Morgan fingerprint density at radius 1 is 0.848 bits per heavy atom. The number of hydrogen-bond acceptors (Lipinski definition) is 5. The zero-order chi connectivity index (χ0) is 34.1. The smallest absolute Gasteiger partial charge is 0.309 e. The van der Waals surface area contributed by atoms with Crippen LogP contribution < -0.4 is 0 Å². The maximum absolute atomic E-state index is 13.3. The van der Waals surface area contributed by atoms with Gasteiger partial charge >= 0.3 is 17.9 Å². The Kier molecular flexibility index (Phi) is 9.20. The lowest BCUT2D eigenvalue weighted by Gasteiger charge is -2.72. The van der Waals surface area contributed by atoms with Gasteiger partial charge in [-0.25, -0.2) is 0 Å². The van der Waals surface area contributed by atoms with Crippen LogP contribution in [0.25, 0.3) is 0 Å². The first-order chi connectivity index (χ1) is 21.3. The number of carboxylic acids is 1. The highest BCUT2D eigenvalue weighted by molar-refractivity contribution is 5.76. The van der Waals surface area contributed by atoms with Crippen LogP contribution in [0.4, 0.5) is 0 Å². The Balaban J connectivity index is 1.34. The van der Waals surface area contributed by atoms with E-state index in [4.69, 9.17) is 9.47 Å². The van der Waals surface area contributed by atoms with Crippen molar-refractivity contribution >= 4 is 17.9 Å². The molecule has 0 aromatic carbocycles. The molecule has 0 heterocycles. The van der Waals surface area contributed by atoms with Crippen LogP contribution in [-0.4, -0.2) is 35.7 Å². The van der Waals surface area contributed by atoms with Gasteiger partial charge < -0.3 is 14.6 Å². The van der Waals surface area contributed by atoms with Gasteiger partial charge in [0.25, 0.3) is 0 Å². The molecular formula is C40H64O6. The molecule has 0 radical (unpaired) electrons. The Labute approximate surface area is 279 Å². The predicted molar refractivity (Wildman–Crippen MR) is 181 cm³/mol. The zero-order valence-electron chi connectivity index (χ0n) is 30.5. The number of carbonyl (C=O) groups excluding carboxylic acids is 2. The van der Waals surface area contributed by atoms with E-state index in [9.17, 15) is 19.5 Å². The molecule has 6 nitrogen and oxygen atoms in total. The first kappa shape index (κ1) is 35.5. The van der Waals surface area contributed by atoms with Crippen LogP contribution in [0.15, 0.2) is 12.7 Å². The Bertz CT molecular complexity index is 1220. The van der Waals surface area contributed by atoms with E-state index < -0.39 is 16.8 Å². The van der Waals surface area contributed by atoms with E-state index in [2.05, 4.69) is 55.0 Å². The third-order valence-electron chi connectivity index (χ3n) is 15.6. The molecule has 5 fully saturated rings. The Morgan fingerprint density at radius 3 is 2.15 bits per heavy atom. The fraction of sp³-hybridized carbons (Fsp3) is 0.875. The first-order valence-electron chi connectivity index (χ1n) is 18.5. The molecule has 1 N–H and O–H groups in total. The molecule has 0 aliphatic heterocycles. The van der Waals surface area contributed by atoms with E-state index in [0.29, 0.717) is 29.6 Å².